The summed E-state index contributed by atoms with van der Waals surface area (Å²) >= 11 is 0. The number of aromatic hydroxyl groups is 1. The molecule has 0 radical (unpaired) electrons. The topological polar surface area (TPSA) is 80.2 Å². The molecule has 0 aliphatic carbocycles. The highest BCUT2D eigenvalue weighted by molar-refractivity contribution is 5.85. The van der Waals surface area contributed by atoms with E-state index in [2.05, 4.69) is 10.5 Å². The lowest BCUT2D eigenvalue weighted by molar-refractivity contribution is -0.123. The Kier molecular flexibility index (Phi) is 5.57. The largest absolute Gasteiger partial charge is 0.507 e. The van der Waals surface area contributed by atoms with Crippen LogP contribution in [0.1, 0.15) is 11.1 Å². The molecule has 6 heteroatoms. The summed E-state index contributed by atoms with van der Waals surface area (Å²) in [5.41, 5.74) is 3.85. The number of carbonyl (C=O) groups is 1. The monoisotopic (exact) mass is 314 g/mol. The van der Waals surface area contributed by atoms with Crippen molar-refractivity contribution in [2.75, 3.05) is 13.7 Å². The van der Waals surface area contributed by atoms with Crippen molar-refractivity contribution in [1.82, 2.24) is 5.43 Å². The van der Waals surface area contributed by atoms with Gasteiger partial charge in [0.2, 0.25) is 0 Å². The molecule has 0 heterocycles. The molecule has 23 heavy (non-hydrogen) atoms. The highest BCUT2D eigenvalue weighted by Crippen LogP contribution is 2.21. The van der Waals surface area contributed by atoms with Crippen molar-refractivity contribution < 1.29 is 19.4 Å². The third-order valence-electron chi connectivity index (χ3n) is 2.99. The normalized spacial score (nSPS) is 10.5. The van der Waals surface area contributed by atoms with Gasteiger partial charge >= 0.3 is 0 Å². The maximum absolute atomic E-state index is 11.6. The molecule has 0 atom stereocenters. The second kappa shape index (κ2) is 7.84. The van der Waals surface area contributed by atoms with Crippen LogP contribution >= 0.6 is 0 Å². The van der Waals surface area contributed by atoms with Crippen molar-refractivity contribution in [1.29, 1.82) is 0 Å². The van der Waals surface area contributed by atoms with E-state index in [-0.39, 0.29) is 12.4 Å². The Balaban J connectivity index is 1.84. The van der Waals surface area contributed by atoms with E-state index in [1.165, 1.54) is 19.4 Å². The van der Waals surface area contributed by atoms with Crippen molar-refractivity contribution >= 4 is 12.1 Å². The summed E-state index contributed by atoms with van der Waals surface area (Å²) in [4.78, 5) is 11.6. The standard InChI is InChI=1S/C17H18N2O4/c1-12-4-3-5-15(8-12)23-11-17(21)19-18-10-13-6-7-14(22-2)9-16(13)20/h3-10,20H,11H2,1-2H3,(H,19,21). The number of carbonyl (C=O) groups excluding carboxylic acids is 1. The van der Waals surface area contributed by atoms with Gasteiger partial charge in [-0.3, -0.25) is 4.79 Å². The molecular formula is C17H18N2O4. The van der Waals surface area contributed by atoms with E-state index >= 15 is 0 Å². The van der Waals surface area contributed by atoms with Gasteiger partial charge in [-0.15, -0.1) is 0 Å². The predicted molar refractivity (Wildman–Crippen MR) is 87.1 cm³/mol. The van der Waals surface area contributed by atoms with Gasteiger partial charge in [0.25, 0.3) is 5.91 Å². The number of nitrogens with zero attached hydrogens (tertiary/aromatic N) is 1. The van der Waals surface area contributed by atoms with Gasteiger partial charge in [-0.1, -0.05) is 12.1 Å². The summed E-state index contributed by atoms with van der Waals surface area (Å²) in [6.45, 7) is 1.80. The van der Waals surface area contributed by atoms with Crippen molar-refractivity contribution in [3.63, 3.8) is 0 Å². The summed E-state index contributed by atoms with van der Waals surface area (Å²) in [6.07, 6.45) is 1.35. The van der Waals surface area contributed by atoms with Crippen molar-refractivity contribution in [3.05, 3.63) is 53.6 Å². The average molecular weight is 314 g/mol. The number of aryl methyl sites for hydroxylation is 1. The van der Waals surface area contributed by atoms with Crippen molar-refractivity contribution in [2.24, 2.45) is 5.10 Å². The van der Waals surface area contributed by atoms with Gasteiger partial charge in [-0.2, -0.15) is 5.10 Å². The molecule has 6 nitrogen and oxygen atoms in total. The first-order valence-electron chi connectivity index (χ1n) is 6.97. The minimum atomic E-state index is -0.393. The molecule has 1 amide bonds. The fourth-order valence-electron chi connectivity index (χ4n) is 1.82. The molecule has 2 aromatic carbocycles. The number of benzene rings is 2. The number of phenolic OH excluding ortho intramolecular Hbond substituents is 1. The van der Waals surface area contributed by atoms with Crippen LogP contribution in [0.25, 0.3) is 0 Å². The molecule has 0 bridgehead atoms. The molecule has 0 fully saturated rings. The van der Waals surface area contributed by atoms with Crippen LogP contribution in [0.4, 0.5) is 0 Å². The van der Waals surface area contributed by atoms with Crippen LogP contribution in [-0.2, 0) is 4.79 Å². The maximum atomic E-state index is 11.6. The summed E-state index contributed by atoms with van der Waals surface area (Å²) in [5.74, 6) is 0.779. The molecule has 0 aliphatic heterocycles. The minimum Gasteiger partial charge on any atom is -0.507 e. The fourth-order valence-corrected chi connectivity index (χ4v) is 1.82. The third-order valence-corrected chi connectivity index (χ3v) is 2.99. The summed E-state index contributed by atoms with van der Waals surface area (Å²) in [7, 11) is 1.51. The Labute approximate surface area is 134 Å². The maximum Gasteiger partial charge on any atom is 0.277 e. The van der Waals surface area contributed by atoms with Crippen LogP contribution in [0.15, 0.2) is 47.6 Å². The Hall–Kier alpha value is -3.02. The number of amides is 1. The lowest BCUT2D eigenvalue weighted by Gasteiger charge is -2.05. The summed E-state index contributed by atoms with van der Waals surface area (Å²) < 4.78 is 10.3. The van der Waals surface area contributed by atoms with E-state index in [9.17, 15) is 9.90 Å². The zero-order valence-corrected chi connectivity index (χ0v) is 12.9. The highest BCUT2D eigenvalue weighted by atomic mass is 16.5. The Morgan fingerprint density at radius 1 is 1.26 bits per heavy atom. The quantitative estimate of drug-likeness (QED) is 0.633. The molecule has 120 valence electrons. The van der Waals surface area contributed by atoms with Crippen LogP contribution in [0.5, 0.6) is 17.2 Å². The third kappa shape index (κ3) is 5.03. The lowest BCUT2D eigenvalue weighted by atomic mass is 10.2. The fraction of sp³-hybridized carbons (Fsp3) is 0.176. The Morgan fingerprint density at radius 2 is 2.09 bits per heavy atom. The zero-order valence-electron chi connectivity index (χ0n) is 12.9. The molecule has 0 unspecified atom stereocenters. The smallest absolute Gasteiger partial charge is 0.277 e. The van der Waals surface area contributed by atoms with Crippen LogP contribution < -0.4 is 14.9 Å². The molecule has 0 spiro atoms. The number of hydrazone groups is 1. The number of hydrogen-bond donors (Lipinski definition) is 2. The van der Waals surface area contributed by atoms with Crippen LogP contribution in [-0.4, -0.2) is 30.9 Å². The van der Waals surface area contributed by atoms with Crippen molar-refractivity contribution in [3.8, 4) is 17.2 Å². The van der Waals surface area contributed by atoms with Gasteiger partial charge < -0.3 is 14.6 Å². The number of ether oxygens (including phenoxy) is 2. The van der Waals surface area contributed by atoms with E-state index in [0.717, 1.165) is 5.56 Å². The van der Waals surface area contributed by atoms with Gasteiger partial charge in [-0.25, -0.2) is 5.43 Å². The van der Waals surface area contributed by atoms with E-state index in [1.54, 1.807) is 18.2 Å². The highest BCUT2D eigenvalue weighted by Gasteiger charge is 2.03. The summed E-state index contributed by atoms with van der Waals surface area (Å²) in [5, 5.41) is 13.5. The molecule has 0 saturated carbocycles. The number of rotatable bonds is 6. The first-order valence-corrected chi connectivity index (χ1v) is 6.97. The molecule has 0 saturated heterocycles. The van der Waals surface area contributed by atoms with Gasteiger partial charge in [0, 0.05) is 11.6 Å². The van der Waals surface area contributed by atoms with E-state index < -0.39 is 5.91 Å². The molecule has 2 rings (SSSR count). The van der Waals surface area contributed by atoms with E-state index in [1.807, 2.05) is 25.1 Å². The Morgan fingerprint density at radius 3 is 2.78 bits per heavy atom. The predicted octanol–water partition coefficient (Wildman–Crippen LogP) is 2.24. The molecular weight excluding hydrogens is 296 g/mol. The summed E-state index contributed by atoms with van der Waals surface area (Å²) in [6, 6.07) is 12.2. The Bertz CT molecular complexity index is 713. The number of methoxy groups -OCH3 is 1. The molecule has 2 N–H and O–H groups in total. The van der Waals surface area contributed by atoms with Gasteiger partial charge in [-0.05, 0) is 36.8 Å². The van der Waals surface area contributed by atoms with Gasteiger partial charge in [0.1, 0.15) is 17.2 Å². The molecule has 0 aliphatic rings. The van der Waals surface area contributed by atoms with E-state index in [4.69, 9.17) is 9.47 Å². The molecule has 2 aromatic rings. The second-order valence-corrected chi connectivity index (χ2v) is 4.82. The van der Waals surface area contributed by atoms with Crippen LogP contribution in [0, 0.1) is 6.92 Å². The first kappa shape index (κ1) is 16.4. The van der Waals surface area contributed by atoms with Crippen LogP contribution in [0.2, 0.25) is 0 Å². The van der Waals surface area contributed by atoms with Crippen molar-refractivity contribution in [2.45, 2.75) is 6.92 Å². The number of nitrogens with one attached hydrogen (secondary N) is 1. The zero-order chi connectivity index (χ0) is 16.7. The molecule has 0 aromatic heterocycles. The van der Waals surface area contributed by atoms with Gasteiger partial charge in [0.15, 0.2) is 6.61 Å². The van der Waals surface area contributed by atoms with E-state index in [0.29, 0.717) is 17.1 Å². The first-order chi connectivity index (χ1) is 11.1. The number of phenols is 1. The SMILES string of the molecule is COc1ccc(C=NNC(=O)COc2cccc(C)c2)c(O)c1. The lowest BCUT2D eigenvalue weighted by Crippen LogP contribution is -2.24. The second-order valence-electron chi connectivity index (χ2n) is 4.82. The minimum absolute atomic E-state index is 0.0124. The van der Waals surface area contributed by atoms with Gasteiger partial charge in [0.05, 0.1) is 13.3 Å². The van der Waals surface area contributed by atoms with Crippen LogP contribution in [0.3, 0.4) is 0 Å². The number of hydrogen-bond acceptors (Lipinski definition) is 5. The average Bonchev–Trinajstić information content (AvgIpc) is 2.54.